The third kappa shape index (κ3) is 8.71. The van der Waals surface area contributed by atoms with E-state index in [1.54, 1.807) is 4.90 Å². The lowest BCUT2D eigenvalue weighted by molar-refractivity contribution is -0.144. The van der Waals surface area contributed by atoms with Crippen LogP contribution in [0.5, 0.6) is 0 Å². The highest BCUT2D eigenvalue weighted by molar-refractivity contribution is 7.88. The molecule has 0 aromatic rings. The van der Waals surface area contributed by atoms with Crippen molar-refractivity contribution in [1.82, 2.24) is 30.5 Å². The summed E-state index contributed by atoms with van der Waals surface area (Å²) in [5.74, 6) is -2.46. The first kappa shape index (κ1) is 38.2. The van der Waals surface area contributed by atoms with E-state index in [2.05, 4.69) is 27.3 Å². The molecule has 0 aromatic heterocycles. The predicted molar refractivity (Wildman–Crippen MR) is 189 cm³/mol. The van der Waals surface area contributed by atoms with Gasteiger partial charge in [-0.1, -0.05) is 65.5 Å². The fourth-order valence-corrected chi connectivity index (χ4v) is 8.50. The van der Waals surface area contributed by atoms with E-state index in [9.17, 15) is 32.4 Å². The summed E-state index contributed by atoms with van der Waals surface area (Å²) in [6.45, 7) is 8.05. The number of fused-ring (bicyclic) bond motifs is 2. The number of likely N-dealkylation sites (tertiary alicyclic amines) is 1. The van der Waals surface area contributed by atoms with E-state index in [1.807, 2.05) is 33.8 Å². The molecule has 50 heavy (non-hydrogen) atoms. The molecule has 1 heterocycles. The van der Waals surface area contributed by atoms with Crippen molar-refractivity contribution in [2.45, 2.75) is 129 Å². The zero-order valence-electron chi connectivity index (χ0n) is 30.6. The summed E-state index contributed by atoms with van der Waals surface area (Å²) in [7, 11) is -2.03. The van der Waals surface area contributed by atoms with Gasteiger partial charge in [0.1, 0.15) is 12.1 Å². The number of sulfonamides is 1. The average Bonchev–Trinajstić information content (AvgIpc) is 3.96. The molecule has 1 saturated heterocycles. The van der Waals surface area contributed by atoms with Gasteiger partial charge >= 0.3 is 6.03 Å². The highest BCUT2D eigenvalue weighted by atomic mass is 32.2. The first-order chi connectivity index (χ1) is 23.4. The topological polar surface area (TPSA) is 174 Å². The maximum atomic E-state index is 14.8. The van der Waals surface area contributed by atoms with Crippen LogP contribution in [0.25, 0.3) is 0 Å². The standard InChI is InChI=1S/C36H58N6O7S/c1-7-11-26(30(43)32(45)37-23-14-15-23)38-31(44)29-24-16-17-36(18-19-36)25(24)20-42(29)33(46)28(22-12-9-8-10-13-22)40-34(47)39-27(35(2,3)4)21-41(5)50(6,48)49/h16-17,22-29H,7-15,18-21H2,1-6H3,(H,37,45)(H,38,44)(H2,39,40,47)/t24-,25-,26?,27+,28-,29-/m0/s1. The van der Waals surface area contributed by atoms with Crippen LogP contribution in [0.1, 0.15) is 98.3 Å². The van der Waals surface area contributed by atoms with Crippen LogP contribution in [0.2, 0.25) is 0 Å². The Bertz CT molecular complexity index is 1460. The Kier molecular flexibility index (Phi) is 11.4. The summed E-state index contributed by atoms with van der Waals surface area (Å²) >= 11 is 0. The predicted octanol–water partition coefficient (Wildman–Crippen LogP) is 2.47. The first-order valence-corrected chi connectivity index (χ1v) is 20.4. The summed E-state index contributed by atoms with van der Waals surface area (Å²) in [6, 6.07) is -3.89. The van der Waals surface area contributed by atoms with Crippen LogP contribution in [0, 0.1) is 28.6 Å². The summed E-state index contributed by atoms with van der Waals surface area (Å²) in [4.78, 5) is 70.3. The van der Waals surface area contributed by atoms with Crippen LogP contribution in [0.3, 0.4) is 0 Å². The van der Waals surface area contributed by atoms with Crippen molar-refractivity contribution in [1.29, 1.82) is 0 Å². The van der Waals surface area contributed by atoms with Crippen molar-refractivity contribution in [3.8, 4) is 0 Å². The summed E-state index contributed by atoms with van der Waals surface area (Å²) in [6.07, 6.45) is 14.3. The molecule has 0 aromatic carbocycles. The number of hydrogen-bond acceptors (Lipinski definition) is 7. The second kappa shape index (κ2) is 14.9. The zero-order chi connectivity index (χ0) is 36.6. The van der Waals surface area contributed by atoms with Gasteiger partial charge < -0.3 is 26.2 Å². The molecule has 5 aliphatic rings. The maximum absolute atomic E-state index is 14.8. The number of allylic oxidation sites excluding steroid dienone is 1. The van der Waals surface area contributed by atoms with Crippen LogP contribution < -0.4 is 21.3 Å². The summed E-state index contributed by atoms with van der Waals surface area (Å²) in [5, 5.41) is 11.6. The van der Waals surface area contributed by atoms with Gasteiger partial charge in [-0.3, -0.25) is 19.2 Å². The van der Waals surface area contributed by atoms with E-state index in [0.29, 0.717) is 19.4 Å². The number of carbonyl (C=O) groups is 5. The lowest BCUT2D eigenvalue weighted by atomic mass is 9.83. The molecule has 5 amide bonds. The van der Waals surface area contributed by atoms with Crippen LogP contribution in [-0.2, 0) is 29.2 Å². The molecule has 4 N–H and O–H groups in total. The minimum absolute atomic E-state index is 0.00665. The number of ketones is 1. The van der Waals surface area contributed by atoms with Gasteiger partial charge in [0.25, 0.3) is 5.91 Å². The summed E-state index contributed by atoms with van der Waals surface area (Å²) in [5.41, 5.74) is -0.541. The van der Waals surface area contributed by atoms with Crippen molar-refractivity contribution in [3.63, 3.8) is 0 Å². The van der Waals surface area contributed by atoms with Gasteiger partial charge in [0.15, 0.2) is 0 Å². The van der Waals surface area contributed by atoms with Crippen molar-refractivity contribution >= 4 is 39.6 Å². The third-order valence-electron chi connectivity index (χ3n) is 11.7. The van der Waals surface area contributed by atoms with E-state index in [0.717, 1.165) is 64.0 Å². The molecule has 1 spiro atoms. The molecule has 13 nitrogen and oxygen atoms in total. The van der Waals surface area contributed by atoms with E-state index < -0.39 is 63.2 Å². The number of urea groups is 1. The van der Waals surface area contributed by atoms with E-state index in [1.165, 1.54) is 11.4 Å². The number of likely N-dealkylation sites (N-methyl/N-ethyl adjacent to an activating group) is 1. The highest BCUT2D eigenvalue weighted by Gasteiger charge is 2.61. The van der Waals surface area contributed by atoms with Crippen LogP contribution >= 0.6 is 0 Å². The Morgan fingerprint density at radius 1 is 0.980 bits per heavy atom. The number of nitrogens with zero attached hydrogens (tertiary/aromatic N) is 2. The Morgan fingerprint density at radius 3 is 2.20 bits per heavy atom. The molecule has 6 atom stereocenters. The smallest absolute Gasteiger partial charge is 0.315 e. The van der Waals surface area contributed by atoms with Crippen molar-refractivity contribution in [2.24, 2.45) is 28.6 Å². The summed E-state index contributed by atoms with van der Waals surface area (Å²) < 4.78 is 25.6. The molecule has 0 radical (unpaired) electrons. The molecule has 280 valence electrons. The maximum Gasteiger partial charge on any atom is 0.315 e. The number of nitrogens with one attached hydrogen (secondary N) is 4. The van der Waals surface area contributed by atoms with Crippen molar-refractivity contribution in [3.05, 3.63) is 12.2 Å². The van der Waals surface area contributed by atoms with Gasteiger partial charge in [0, 0.05) is 38.1 Å². The monoisotopic (exact) mass is 718 g/mol. The minimum Gasteiger partial charge on any atom is -0.347 e. The Balaban J connectivity index is 1.38. The Morgan fingerprint density at radius 2 is 1.64 bits per heavy atom. The number of carbonyl (C=O) groups excluding carboxylic acids is 5. The average molecular weight is 719 g/mol. The molecule has 5 rings (SSSR count). The molecule has 4 fully saturated rings. The van der Waals surface area contributed by atoms with Gasteiger partial charge in [-0.25, -0.2) is 17.5 Å². The van der Waals surface area contributed by atoms with E-state index in [4.69, 9.17) is 0 Å². The molecular formula is C36H58N6O7S. The van der Waals surface area contributed by atoms with Crippen LogP contribution in [0.15, 0.2) is 12.2 Å². The van der Waals surface area contributed by atoms with Gasteiger partial charge in [-0.05, 0) is 67.6 Å². The lowest BCUT2D eigenvalue weighted by Crippen LogP contribution is -2.61. The minimum atomic E-state index is -3.50. The normalized spacial score (nSPS) is 26.2. The van der Waals surface area contributed by atoms with Crippen molar-refractivity contribution in [2.75, 3.05) is 26.4 Å². The second-order valence-corrected chi connectivity index (χ2v) is 18.7. The number of Topliss-reactive ketones (excluding diaryl/α,β-unsaturated/α-hetero) is 1. The molecule has 4 aliphatic carbocycles. The highest BCUT2D eigenvalue weighted by Crippen LogP contribution is 2.62. The SMILES string of the molecule is CCCC(NC(=O)[C@@H]1[C@H]2C=CC3(CC3)[C@H]2CN1C(=O)[C@@H](NC(=O)N[C@H](CN(C)S(C)(=O)=O)C(C)(C)C)C1CCCCC1)C(=O)C(=O)NC1CC1. The van der Waals surface area contributed by atoms with Gasteiger partial charge in [0.2, 0.25) is 27.6 Å². The second-order valence-electron chi connectivity index (χ2n) is 16.6. The van der Waals surface area contributed by atoms with Crippen molar-refractivity contribution < 1.29 is 32.4 Å². The molecule has 1 aliphatic heterocycles. The van der Waals surface area contributed by atoms with E-state index >= 15 is 0 Å². The number of amides is 5. The van der Waals surface area contributed by atoms with Crippen LogP contribution in [0.4, 0.5) is 4.79 Å². The van der Waals surface area contributed by atoms with Gasteiger partial charge in [-0.15, -0.1) is 0 Å². The van der Waals surface area contributed by atoms with Gasteiger partial charge in [0.05, 0.1) is 12.3 Å². The number of rotatable bonds is 14. The largest absolute Gasteiger partial charge is 0.347 e. The van der Waals surface area contributed by atoms with Gasteiger partial charge in [-0.2, -0.15) is 0 Å². The lowest BCUT2D eigenvalue weighted by Gasteiger charge is -2.37. The molecule has 3 saturated carbocycles. The zero-order valence-corrected chi connectivity index (χ0v) is 31.4. The number of hydrogen-bond donors (Lipinski definition) is 4. The van der Waals surface area contributed by atoms with Crippen LogP contribution in [-0.4, -0.2) is 104 Å². The van der Waals surface area contributed by atoms with E-state index in [-0.39, 0.29) is 41.7 Å². The fraction of sp³-hybridized carbons (Fsp3) is 0.806. The quantitative estimate of drug-likeness (QED) is 0.158. The molecule has 1 unspecified atom stereocenters. The first-order valence-electron chi connectivity index (χ1n) is 18.6. The molecular weight excluding hydrogens is 660 g/mol. The molecule has 14 heteroatoms. The fourth-order valence-electron chi connectivity index (χ4n) is 8.09. The Hall–Kier alpha value is -3.00. The molecule has 0 bridgehead atoms. The Labute approximate surface area is 297 Å². The third-order valence-corrected chi connectivity index (χ3v) is 13.0.